The summed E-state index contributed by atoms with van der Waals surface area (Å²) >= 11 is 0. The average Bonchev–Trinajstić information content (AvgIpc) is 2.90. The summed E-state index contributed by atoms with van der Waals surface area (Å²) in [5, 5.41) is 10.6. The molecule has 0 amide bonds. The lowest BCUT2D eigenvalue weighted by atomic mass is 10.1. The minimum absolute atomic E-state index is 0.867. The summed E-state index contributed by atoms with van der Waals surface area (Å²) in [6, 6.07) is 8.02. The topological polar surface area (TPSA) is 49.9 Å². The molecule has 0 radical (unpaired) electrons. The molecule has 2 aromatic rings. The fourth-order valence-corrected chi connectivity index (χ4v) is 2.08. The van der Waals surface area contributed by atoms with Gasteiger partial charge in [-0.3, -0.25) is 5.10 Å². The molecule has 82 valence electrons. The lowest BCUT2D eigenvalue weighted by Crippen LogP contribution is -1.94. The van der Waals surface area contributed by atoms with E-state index < -0.39 is 0 Å². The van der Waals surface area contributed by atoms with Crippen molar-refractivity contribution in [2.24, 2.45) is 0 Å². The van der Waals surface area contributed by atoms with Gasteiger partial charge in [0.1, 0.15) is 5.75 Å². The molecule has 3 rings (SSSR count). The second-order valence-electron chi connectivity index (χ2n) is 3.83. The Morgan fingerprint density at radius 2 is 2.31 bits per heavy atom. The zero-order chi connectivity index (χ0) is 11.0. The van der Waals surface area contributed by atoms with Crippen LogP contribution in [0.4, 0.5) is 5.82 Å². The maximum atomic E-state index is 5.22. The first kappa shape index (κ1) is 9.27. The predicted molar refractivity (Wildman–Crippen MR) is 62.8 cm³/mol. The predicted octanol–water partition coefficient (Wildman–Crippen LogP) is 2.05. The van der Waals surface area contributed by atoms with Gasteiger partial charge in [-0.25, -0.2) is 0 Å². The third-order valence-electron chi connectivity index (χ3n) is 2.89. The van der Waals surface area contributed by atoms with Crippen LogP contribution < -0.4 is 10.1 Å². The quantitative estimate of drug-likeness (QED) is 0.806. The van der Waals surface area contributed by atoms with Crippen LogP contribution in [0.25, 0.3) is 11.3 Å². The van der Waals surface area contributed by atoms with Gasteiger partial charge in [0.25, 0.3) is 0 Å². The van der Waals surface area contributed by atoms with E-state index in [0.29, 0.717) is 0 Å². The Bertz CT molecular complexity index is 519. The molecule has 2 heterocycles. The van der Waals surface area contributed by atoms with Crippen LogP contribution in [-0.2, 0) is 6.42 Å². The molecule has 4 nitrogen and oxygen atoms in total. The van der Waals surface area contributed by atoms with Crippen molar-refractivity contribution in [3.8, 4) is 17.0 Å². The molecule has 1 aromatic heterocycles. The molecule has 0 saturated heterocycles. The van der Waals surface area contributed by atoms with Crippen molar-refractivity contribution in [2.45, 2.75) is 6.42 Å². The second-order valence-corrected chi connectivity index (χ2v) is 3.83. The number of aromatic nitrogens is 2. The molecule has 1 aliphatic heterocycles. The van der Waals surface area contributed by atoms with Crippen molar-refractivity contribution >= 4 is 5.82 Å². The second kappa shape index (κ2) is 3.56. The first-order valence-electron chi connectivity index (χ1n) is 5.34. The minimum Gasteiger partial charge on any atom is -0.497 e. The molecule has 0 spiro atoms. The molecular weight excluding hydrogens is 202 g/mol. The first-order chi connectivity index (χ1) is 7.88. The van der Waals surface area contributed by atoms with Crippen LogP contribution in [0.2, 0.25) is 0 Å². The van der Waals surface area contributed by atoms with Crippen LogP contribution in [0.1, 0.15) is 5.56 Å². The number of hydrogen-bond acceptors (Lipinski definition) is 3. The number of rotatable bonds is 2. The van der Waals surface area contributed by atoms with Crippen molar-refractivity contribution in [2.75, 3.05) is 19.0 Å². The standard InChI is InChI=1S/C12H13N3O/c1-16-9-4-2-3-8(7-9)11-10-5-6-13-12(10)15-14-11/h2-4,7H,5-6H2,1H3,(H2,13,14,15). The summed E-state index contributed by atoms with van der Waals surface area (Å²) in [7, 11) is 1.68. The number of fused-ring (bicyclic) bond motifs is 1. The molecular formula is C12H13N3O. The van der Waals surface area contributed by atoms with Crippen LogP contribution in [-0.4, -0.2) is 23.9 Å². The Morgan fingerprint density at radius 1 is 1.38 bits per heavy atom. The SMILES string of the molecule is COc1cccc(-c2[nH]nc3c2CCN3)c1. The smallest absolute Gasteiger partial charge is 0.151 e. The van der Waals surface area contributed by atoms with Gasteiger partial charge >= 0.3 is 0 Å². The van der Waals surface area contributed by atoms with Gasteiger partial charge in [-0.2, -0.15) is 5.10 Å². The van der Waals surface area contributed by atoms with E-state index in [9.17, 15) is 0 Å². The number of nitrogens with zero attached hydrogens (tertiary/aromatic N) is 1. The van der Waals surface area contributed by atoms with E-state index in [0.717, 1.165) is 35.8 Å². The largest absolute Gasteiger partial charge is 0.497 e. The molecule has 0 atom stereocenters. The van der Waals surface area contributed by atoms with Gasteiger partial charge in [-0.15, -0.1) is 0 Å². The monoisotopic (exact) mass is 215 g/mol. The van der Waals surface area contributed by atoms with Crippen molar-refractivity contribution in [1.29, 1.82) is 0 Å². The highest BCUT2D eigenvalue weighted by atomic mass is 16.5. The molecule has 2 N–H and O–H groups in total. The lowest BCUT2D eigenvalue weighted by Gasteiger charge is -2.03. The Morgan fingerprint density at radius 3 is 3.19 bits per heavy atom. The Kier molecular flexibility index (Phi) is 2.06. The number of benzene rings is 1. The number of ether oxygens (including phenoxy) is 1. The molecule has 4 heteroatoms. The number of H-pyrrole nitrogens is 1. The maximum absolute atomic E-state index is 5.22. The van der Waals surface area contributed by atoms with E-state index in [1.54, 1.807) is 7.11 Å². The highest BCUT2D eigenvalue weighted by Crippen LogP contribution is 2.31. The van der Waals surface area contributed by atoms with Gasteiger partial charge in [0, 0.05) is 17.7 Å². The van der Waals surface area contributed by atoms with E-state index in [4.69, 9.17) is 4.74 Å². The molecule has 16 heavy (non-hydrogen) atoms. The fraction of sp³-hybridized carbons (Fsp3) is 0.250. The maximum Gasteiger partial charge on any atom is 0.151 e. The van der Waals surface area contributed by atoms with Crippen molar-refractivity contribution in [3.05, 3.63) is 29.8 Å². The van der Waals surface area contributed by atoms with E-state index in [1.807, 2.05) is 18.2 Å². The lowest BCUT2D eigenvalue weighted by molar-refractivity contribution is 0.415. The number of methoxy groups -OCH3 is 1. The van der Waals surface area contributed by atoms with E-state index in [1.165, 1.54) is 5.56 Å². The Labute approximate surface area is 93.6 Å². The zero-order valence-electron chi connectivity index (χ0n) is 9.08. The van der Waals surface area contributed by atoms with Crippen molar-refractivity contribution in [3.63, 3.8) is 0 Å². The highest BCUT2D eigenvalue weighted by molar-refractivity contribution is 5.71. The van der Waals surface area contributed by atoms with E-state index >= 15 is 0 Å². The van der Waals surface area contributed by atoms with E-state index in [2.05, 4.69) is 21.6 Å². The van der Waals surface area contributed by atoms with Crippen LogP contribution in [0, 0.1) is 0 Å². The van der Waals surface area contributed by atoms with Gasteiger partial charge in [0.2, 0.25) is 0 Å². The average molecular weight is 215 g/mol. The van der Waals surface area contributed by atoms with Crippen LogP contribution in [0.5, 0.6) is 5.75 Å². The number of aromatic amines is 1. The van der Waals surface area contributed by atoms with E-state index in [-0.39, 0.29) is 0 Å². The normalized spacial score (nSPS) is 13.3. The Hall–Kier alpha value is -1.97. The molecule has 0 saturated carbocycles. The number of anilines is 1. The fourth-order valence-electron chi connectivity index (χ4n) is 2.08. The Balaban J connectivity index is 2.08. The summed E-state index contributed by atoms with van der Waals surface area (Å²) in [5.41, 5.74) is 3.49. The first-order valence-corrected chi connectivity index (χ1v) is 5.34. The summed E-state index contributed by atoms with van der Waals surface area (Å²) in [6.07, 6.45) is 1.03. The van der Waals surface area contributed by atoms with Gasteiger partial charge in [-0.05, 0) is 18.6 Å². The number of nitrogens with one attached hydrogen (secondary N) is 2. The molecule has 0 bridgehead atoms. The van der Waals surface area contributed by atoms with Crippen molar-refractivity contribution in [1.82, 2.24) is 10.2 Å². The number of hydrogen-bond donors (Lipinski definition) is 2. The van der Waals surface area contributed by atoms with Gasteiger partial charge in [0.05, 0.1) is 12.8 Å². The van der Waals surface area contributed by atoms with Crippen LogP contribution in [0.3, 0.4) is 0 Å². The third kappa shape index (κ3) is 1.34. The molecule has 1 aromatic carbocycles. The highest BCUT2D eigenvalue weighted by Gasteiger charge is 2.18. The molecule has 0 aliphatic carbocycles. The molecule has 0 fully saturated rings. The van der Waals surface area contributed by atoms with Crippen molar-refractivity contribution < 1.29 is 4.74 Å². The summed E-state index contributed by atoms with van der Waals surface area (Å²) in [5.74, 6) is 1.85. The zero-order valence-corrected chi connectivity index (χ0v) is 9.08. The molecule has 1 aliphatic rings. The van der Waals surface area contributed by atoms with Crippen LogP contribution >= 0.6 is 0 Å². The van der Waals surface area contributed by atoms with Crippen LogP contribution in [0.15, 0.2) is 24.3 Å². The van der Waals surface area contributed by atoms with Gasteiger partial charge < -0.3 is 10.1 Å². The molecule has 0 unspecified atom stereocenters. The van der Waals surface area contributed by atoms with Gasteiger partial charge in [-0.1, -0.05) is 12.1 Å². The third-order valence-corrected chi connectivity index (χ3v) is 2.89. The van der Waals surface area contributed by atoms with Gasteiger partial charge in [0.15, 0.2) is 5.82 Å². The minimum atomic E-state index is 0.867. The summed E-state index contributed by atoms with van der Waals surface area (Å²) in [6.45, 7) is 0.976. The summed E-state index contributed by atoms with van der Waals surface area (Å²) < 4.78 is 5.22. The summed E-state index contributed by atoms with van der Waals surface area (Å²) in [4.78, 5) is 0.